The molecular weight excluding hydrogens is 325 g/mol. The molecule has 1 fully saturated rings. The number of aromatic nitrogens is 1. The SMILES string of the molecule is CNCC1CCN(Cc2nc(C(C)(C)C)cs2)CC1.Cl.Cl. The van der Waals surface area contributed by atoms with Gasteiger partial charge in [0.15, 0.2) is 0 Å². The van der Waals surface area contributed by atoms with Gasteiger partial charge in [-0.25, -0.2) is 4.98 Å². The van der Waals surface area contributed by atoms with E-state index in [9.17, 15) is 0 Å². The fourth-order valence-corrected chi connectivity index (χ4v) is 3.62. The molecule has 1 aromatic rings. The van der Waals surface area contributed by atoms with Gasteiger partial charge in [0.25, 0.3) is 0 Å². The molecule has 3 nitrogen and oxygen atoms in total. The number of likely N-dealkylation sites (tertiary alicyclic amines) is 1. The Hall–Kier alpha value is 0.130. The number of nitrogens with one attached hydrogen (secondary N) is 1. The summed E-state index contributed by atoms with van der Waals surface area (Å²) in [5.74, 6) is 0.864. The molecule has 0 atom stereocenters. The first kappa shape index (κ1) is 21.1. The first-order chi connectivity index (χ1) is 8.99. The summed E-state index contributed by atoms with van der Waals surface area (Å²) in [7, 11) is 2.05. The van der Waals surface area contributed by atoms with Gasteiger partial charge in [-0.05, 0) is 45.4 Å². The third kappa shape index (κ3) is 6.41. The van der Waals surface area contributed by atoms with E-state index in [2.05, 4.69) is 43.4 Å². The van der Waals surface area contributed by atoms with Gasteiger partial charge in [0.05, 0.1) is 12.2 Å². The minimum Gasteiger partial charge on any atom is -0.319 e. The minimum absolute atomic E-state index is 0. The van der Waals surface area contributed by atoms with Gasteiger partial charge in [-0.1, -0.05) is 20.8 Å². The Bertz CT molecular complexity index is 396. The summed E-state index contributed by atoms with van der Waals surface area (Å²) in [4.78, 5) is 7.35. The fraction of sp³-hybridized carbons (Fsp3) is 0.800. The number of nitrogens with zero attached hydrogens (tertiary/aromatic N) is 2. The molecule has 0 bridgehead atoms. The Morgan fingerprint density at radius 2 is 1.90 bits per heavy atom. The molecule has 1 aliphatic rings. The van der Waals surface area contributed by atoms with Crippen molar-refractivity contribution < 1.29 is 0 Å². The van der Waals surface area contributed by atoms with Crippen molar-refractivity contribution in [2.45, 2.75) is 45.6 Å². The van der Waals surface area contributed by atoms with E-state index < -0.39 is 0 Å². The topological polar surface area (TPSA) is 28.2 Å². The molecule has 6 heteroatoms. The highest BCUT2D eigenvalue weighted by atomic mass is 35.5. The van der Waals surface area contributed by atoms with E-state index in [4.69, 9.17) is 4.98 Å². The molecule has 21 heavy (non-hydrogen) atoms. The van der Waals surface area contributed by atoms with Crippen LogP contribution < -0.4 is 5.32 Å². The predicted molar refractivity (Wildman–Crippen MR) is 97.2 cm³/mol. The van der Waals surface area contributed by atoms with E-state index in [1.54, 1.807) is 0 Å². The van der Waals surface area contributed by atoms with Gasteiger partial charge in [0.2, 0.25) is 0 Å². The predicted octanol–water partition coefficient (Wildman–Crippen LogP) is 3.72. The second-order valence-corrected chi connectivity index (χ2v) is 7.60. The van der Waals surface area contributed by atoms with Crippen LogP contribution in [0.3, 0.4) is 0 Å². The fourth-order valence-electron chi connectivity index (χ4n) is 2.56. The number of hydrogen-bond acceptors (Lipinski definition) is 4. The molecule has 1 N–H and O–H groups in total. The largest absolute Gasteiger partial charge is 0.319 e. The highest BCUT2D eigenvalue weighted by Crippen LogP contribution is 2.25. The first-order valence-corrected chi connectivity index (χ1v) is 8.19. The van der Waals surface area contributed by atoms with Crippen LogP contribution in [0.1, 0.15) is 44.3 Å². The molecule has 0 radical (unpaired) electrons. The molecule has 0 unspecified atom stereocenters. The average Bonchev–Trinajstić information content (AvgIpc) is 2.80. The quantitative estimate of drug-likeness (QED) is 0.893. The summed E-state index contributed by atoms with van der Waals surface area (Å²) in [6.07, 6.45) is 2.64. The van der Waals surface area contributed by atoms with Crippen molar-refractivity contribution in [3.63, 3.8) is 0 Å². The molecule has 0 aromatic carbocycles. The van der Waals surface area contributed by atoms with Crippen LogP contribution in [0, 0.1) is 5.92 Å². The van der Waals surface area contributed by atoms with E-state index in [1.165, 1.54) is 43.2 Å². The molecule has 2 heterocycles. The number of thiazole rings is 1. The van der Waals surface area contributed by atoms with Crippen LogP contribution in [0.2, 0.25) is 0 Å². The third-order valence-electron chi connectivity index (χ3n) is 3.88. The summed E-state index contributed by atoms with van der Waals surface area (Å²) in [5, 5.41) is 6.79. The summed E-state index contributed by atoms with van der Waals surface area (Å²) < 4.78 is 0. The van der Waals surface area contributed by atoms with E-state index >= 15 is 0 Å². The normalized spacial score (nSPS) is 17.1. The van der Waals surface area contributed by atoms with Gasteiger partial charge in [-0.3, -0.25) is 4.90 Å². The molecule has 1 aromatic heterocycles. The van der Waals surface area contributed by atoms with Crippen LogP contribution in [0.5, 0.6) is 0 Å². The number of rotatable bonds is 4. The van der Waals surface area contributed by atoms with Gasteiger partial charge in [0, 0.05) is 10.8 Å². The smallest absolute Gasteiger partial charge is 0.107 e. The highest BCUT2D eigenvalue weighted by molar-refractivity contribution is 7.09. The van der Waals surface area contributed by atoms with Gasteiger partial charge in [0.1, 0.15) is 5.01 Å². The van der Waals surface area contributed by atoms with Crippen LogP contribution in [0.25, 0.3) is 0 Å². The first-order valence-electron chi connectivity index (χ1n) is 7.31. The monoisotopic (exact) mass is 353 g/mol. The highest BCUT2D eigenvalue weighted by Gasteiger charge is 2.21. The zero-order valence-electron chi connectivity index (χ0n) is 13.5. The number of halogens is 2. The van der Waals surface area contributed by atoms with Gasteiger partial charge in [-0.15, -0.1) is 36.2 Å². The van der Waals surface area contributed by atoms with E-state index in [0.29, 0.717) is 0 Å². The van der Waals surface area contributed by atoms with Crippen molar-refractivity contribution in [3.8, 4) is 0 Å². The molecule has 1 aliphatic heterocycles. The second kappa shape index (κ2) is 9.31. The lowest BCUT2D eigenvalue weighted by Gasteiger charge is -2.31. The summed E-state index contributed by atoms with van der Waals surface area (Å²) in [6.45, 7) is 11.3. The Labute approximate surface area is 145 Å². The maximum atomic E-state index is 4.80. The molecule has 1 saturated heterocycles. The summed E-state index contributed by atoms with van der Waals surface area (Å²) in [6, 6.07) is 0. The third-order valence-corrected chi connectivity index (χ3v) is 4.71. The van der Waals surface area contributed by atoms with Crippen molar-refractivity contribution in [1.29, 1.82) is 0 Å². The molecule has 0 amide bonds. The zero-order chi connectivity index (χ0) is 13.9. The molecular formula is C15H29Cl2N3S. The molecule has 2 rings (SSSR count). The van der Waals surface area contributed by atoms with Gasteiger partial charge in [-0.2, -0.15) is 0 Å². The van der Waals surface area contributed by atoms with E-state index in [0.717, 1.165) is 12.5 Å². The molecule has 0 spiro atoms. The molecule has 124 valence electrons. The number of hydrogen-bond donors (Lipinski definition) is 1. The lowest BCUT2D eigenvalue weighted by atomic mass is 9.93. The standard InChI is InChI=1S/C15H27N3S.2ClH/c1-15(2,3)13-11-19-14(17-13)10-18-7-5-12(6-8-18)9-16-4;;/h11-12,16H,5-10H2,1-4H3;2*1H. The zero-order valence-corrected chi connectivity index (χ0v) is 16.0. The Morgan fingerprint density at radius 1 is 1.29 bits per heavy atom. The second-order valence-electron chi connectivity index (χ2n) is 6.65. The Kier molecular flexibility index (Phi) is 9.37. The number of piperidine rings is 1. The minimum atomic E-state index is 0. The summed E-state index contributed by atoms with van der Waals surface area (Å²) in [5.41, 5.74) is 1.41. The van der Waals surface area contributed by atoms with E-state index in [1.807, 2.05) is 11.3 Å². The van der Waals surface area contributed by atoms with Crippen molar-refractivity contribution in [2.75, 3.05) is 26.7 Å². The summed E-state index contributed by atoms with van der Waals surface area (Å²) >= 11 is 1.82. The van der Waals surface area contributed by atoms with Crippen molar-refractivity contribution >= 4 is 36.2 Å². The van der Waals surface area contributed by atoms with Crippen LogP contribution in [-0.4, -0.2) is 36.6 Å². The lowest BCUT2D eigenvalue weighted by molar-refractivity contribution is 0.176. The molecule has 0 aliphatic carbocycles. The lowest BCUT2D eigenvalue weighted by Crippen LogP contribution is -2.36. The van der Waals surface area contributed by atoms with Crippen LogP contribution in [0.15, 0.2) is 5.38 Å². The maximum absolute atomic E-state index is 4.80. The maximum Gasteiger partial charge on any atom is 0.107 e. The molecule has 0 saturated carbocycles. The Balaban J connectivity index is 0.00000200. The van der Waals surface area contributed by atoms with Crippen molar-refractivity contribution in [3.05, 3.63) is 16.1 Å². The Morgan fingerprint density at radius 3 is 2.38 bits per heavy atom. The van der Waals surface area contributed by atoms with Crippen LogP contribution in [-0.2, 0) is 12.0 Å². The average molecular weight is 354 g/mol. The van der Waals surface area contributed by atoms with Crippen molar-refractivity contribution in [2.24, 2.45) is 5.92 Å². The van der Waals surface area contributed by atoms with Crippen LogP contribution in [0.4, 0.5) is 0 Å². The van der Waals surface area contributed by atoms with Gasteiger partial charge < -0.3 is 5.32 Å². The van der Waals surface area contributed by atoms with E-state index in [-0.39, 0.29) is 30.2 Å². The van der Waals surface area contributed by atoms with Crippen LogP contribution >= 0.6 is 36.2 Å². The van der Waals surface area contributed by atoms with Gasteiger partial charge >= 0.3 is 0 Å². The van der Waals surface area contributed by atoms with Crippen molar-refractivity contribution in [1.82, 2.24) is 15.2 Å².